The molecule has 0 aliphatic carbocycles. The number of aromatic nitrogens is 4. The number of hydrogen-bond donors (Lipinski definition) is 1. The van der Waals surface area contributed by atoms with Crippen LogP contribution < -0.4 is 5.73 Å². The van der Waals surface area contributed by atoms with E-state index < -0.39 is 0 Å². The molecule has 0 aromatic carbocycles. The van der Waals surface area contributed by atoms with Gasteiger partial charge in [0.05, 0.1) is 0 Å². The van der Waals surface area contributed by atoms with Crippen molar-refractivity contribution in [2.45, 2.75) is 12.1 Å². The van der Waals surface area contributed by atoms with Crippen LogP contribution in [-0.4, -0.2) is 25.8 Å². The number of anilines is 1. The molecule has 2 N–H and O–H groups in total. The molecule has 0 spiro atoms. The fourth-order valence-electron chi connectivity index (χ4n) is 1.15. The van der Waals surface area contributed by atoms with Gasteiger partial charge >= 0.3 is 0 Å². The molecule has 0 amide bonds. The molecule has 0 aliphatic heterocycles. The van der Waals surface area contributed by atoms with Gasteiger partial charge in [-0.25, -0.2) is 9.38 Å². The number of rotatable bonds is 1. The lowest BCUT2D eigenvalue weighted by Gasteiger charge is -2.02. The number of halogens is 1. The number of nitrogens with two attached hydrogens (primary N) is 1. The topological polar surface area (TPSA) is 69.1 Å². The zero-order chi connectivity index (χ0) is 9.42. The van der Waals surface area contributed by atoms with Crippen LogP contribution in [0.15, 0.2) is 11.4 Å². The smallest absolute Gasteiger partial charge is 0.228 e. The first-order chi connectivity index (χ1) is 6.24. The van der Waals surface area contributed by atoms with Crippen LogP contribution in [0.1, 0.15) is 5.56 Å². The molecule has 0 unspecified atom stereocenters. The van der Waals surface area contributed by atoms with Gasteiger partial charge in [0.1, 0.15) is 0 Å². The van der Waals surface area contributed by atoms with Crippen LogP contribution in [0.5, 0.6) is 0 Å². The van der Waals surface area contributed by atoms with E-state index in [-0.39, 0.29) is 17.0 Å². The van der Waals surface area contributed by atoms with Gasteiger partial charge < -0.3 is 5.73 Å². The van der Waals surface area contributed by atoms with Gasteiger partial charge in [-0.05, 0) is 13.2 Å². The Bertz CT molecular complexity index is 455. The number of aryl methyl sites for hydroxylation is 1. The van der Waals surface area contributed by atoms with Crippen LogP contribution in [0.4, 0.5) is 5.95 Å². The molecule has 0 radical (unpaired) electrons. The number of thioether (sulfide) groups is 1. The summed E-state index contributed by atoms with van der Waals surface area (Å²) in [6.45, 7) is 1.93. The van der Waals surface area contributed by atoms with E-state index in [1.807, 2.05) is 13.2 Å². The third-order valence-electron chi connectivity index (χ3n) is 1.78. The molecule has 2 aromatic heterocycles. The largest absolute Gasteiger partial charge is 0.368 e. The van der Waals surface area contributed by atoms with Gasteiger partial charge in [0.15, 0.2) is 10.8 Å². The lowest BCUT2D eigenvalue weighted by molar-refractivity contribution is 0.900. The highest BCUT2D eigenvalue weighted by molar-refractivity contribution is 8.93. The van der Waals surface area contributed by atoms with Gasteiger partial charge in [-0.15, -0.1) is 27.2 Å². The normalized spacial score (nSPS) is 10.1. The summed E-state index contributed by atoms with van der Waals surface area (Å²) in [6, 6.07) is 0. The summed E-state index contributed by atoms with van der Waals surface area (Å²) < 4.78 is 1.75. The first-order valence-corrected chi connectivity index (χ1v) is 4.96. The molecule has 0 atom stereocenters. The van der Waals surface area contributed by atoms with E-state index in [0.29, 0.717) is 5.95 Å². The Labute approximate surface area is 95.9 Å². The summed E-state index contributed by atoms with van der Waals surface area (Å²) in [5.74, 6) is 0.385. The van der Waals surface area contributed by atoms with Crippen molar-refractivity contribution in [2.24, 2.45) is 0 Å². The molecule has 5 nitrogen and oxygen atoms in total. The van der Waals surface area contributed by atoms with E-state index in [4.69, 9.17) is 5.73 Å². The molecule has 0 saturated heterocycles. The Balaban J connectivity index is 0.000000980. The zero-order valence-corrected chi connectivity index (χ0v) is 10.3. The Kier molecular flexibility index (Phi) is 3.33. The van der Waals surface area contributed by atoms with Crippen molar-refractivity contribution in [3.05, 3.63) is 11.8 Å². The Morgan fingerprint density at radius 3 is 2.79 bits per heavy atom. The van der Waals surface area contributed by atoms with Gasteiger partial charge in [0, 0.05) is 11.8 Å². The van der Waals surface area contributed by atoms with Crippen molar-refractivity contribution in [2.75, 3.05) is 12.0 Å². The summed E-state index contributed by atoms with van der Waals surface area (Å²) in [5, 5.41) is 8.57. The second-order valence-electron chi connectivity index (χ2n) is 2.65. The maximum Gasteiger partial charge on any atom is 0.228 e. The van der Waals surface area contributed by atoms with Crippen LogP contribution in [0.3, 0.4) is 0 Å². The minimum Gasteiger partial charge on any atom is -0.368 e. The van der Waals surface area contributed by atoms with E-state index >= 15 is 0 Å². The molecule has 0 aliphatic rings. The lowest BCUT2D eigenvalue weighted by atomic mass is 10.4. The van der Waals surface area contributed by atoms with Crippen LogP contribution in [0.2, 0.25) is 0 Å². The molecular weight excluding hydrogens is 266 g/mol. The standard InChI is InChI=1S/C7H9N5S.BrH/c1-4-3-9-7(13-2)12-5(4)10-11-6(12)8;/h3H,1-2H3,(H2,8,11);1H. The average Bonchev–Trinajstić information content (AvgIpc) is 2.51. The van der Waals surface area contributed by atoms with E-state index in [0.717, 1.165) is 16.4 Å². The number of nitrogen functional groups attached to an aromatic ring is 1. The summed E-state index contributed by atoms with van der Waals surface area (Å²) in [7, 11) is 0. The fraction of sp³-hybridized carbons (Fsp3) is 0.286. The zero-order valence-electron chi connectivity index (χ0n) is 7.76. The number of nitrogens with zero attached hydrogens (tertiary/aromatic N) is 4. The molecule has 2 aromatic rings. The van der Waals surface area contributed by atoms with Gasteiger partial charge in [-0.1, -0.05) is 11.8 Å². The Morgan fingerprint density at radius 1 is 1.43 bits per heavy atom. The molecule has 7 heteroatoms. The quantitative estimate of drug-likeness (QED) is 0.628. The average molecular weight is 276 g/mol. The van der Waals surface area contributed by atoms with Crippen molar-refractivity contribution >= 4 is 40.3 Å². The highest BCUT2D eigenvalue weighted by Gasteiger charge is 2.08. The molecule has 0 saturated carbocycles. The van der Waals surface area contributed by atoms with Crippen molar-refractivity contribution in [3.8, 4) is 0 Å². The minimum atomic E-state index is 0. The highest BCUT2D eigenvalue weighted by atomic mass is 79.9. The molecular formula is C7H10BrN5S. The first-order valence-electron chi connectivity index (χ1n) is 3.74. The fourth-order valence-corrected chi connectivity index (χ4v) is 1.67. The van der Waals surface area contributed by atoms with Crippen LogP contribution in [-0.2, 0) is 0 Å². The lowest BCUT2D eigenvalue weighted by Crippen LogP contribution is -2.00. The molecule has 2 heterocycles. The van der Waals surface area contributed by atoms with Gasteiger partial charge in [0.2, 0.25) is 5.95 Å². The van der Waals surface area contributed by atoms with Crippen LogP contribution >= 0.6 is 28.7 Å². The third kappa shape index (κ3) is 1.57. The minimum absolute atomic E-state index is 0. The number of fused-ring (bicyclic) bond motifs is 1. The first kappa shape index (κ1) is 11.3. The highest BCUT2D eigenvalue weighted by Crippen LogP contribution is 2.18. The summed E-state index contributed by atoms with van der Waals surface area (Å²) in [5.41, 5.74) is 7.41. The molecule has 76 valence electrons. The van der Waals surface area contributed by atoms with Gasteiger partial charge in [-0.2, -0.15) is 0 Å². The number of hydrogen-bond acceptors (Lipinski definition) is 5. The summed E-state index contributed by atoms with van der Waals surface area (Å²) in [6.07, 6.45) is 3.71. The summed E-state index contributed by atoms with van der Waals surface area (Å²) >= 11 is 1.52. The van der Waals surface area contributed by atoms with E-state index in [1.165, 1.54) is 11.8 Å². The van der Waals surface area contributed by atoms with Crippen LogP contribution in [0.25, 0.3) is 5.65 Å². The van der Waals surface area contributed by atoms with Crippen molar-refractivity contribution in [3.63, 3.8) is 0 Å². The monoisotopic (exact) mass is 275 g/mol. The molecule has 0 bridgehead atoms. The van der Waals surface area contributed by atoms with Gasteiger partial charge in [-0.3, -0.25) is 0 Å². The maximum atomic E-state index is 5.66. The third-order valence-corrected chi connectivity index (χ3v) is 2.44. The van der Waals surface area contributed by atoms with Gasteiger partial charge in [0.25, 0.3) is 0 Å². The Hall–Kier alpha value is -0.820. The Morgan fingerprint density at radius 2 is 2.14 bits per heavy atom. The summed E-state index contributed by atoms with van der Waals surface area (Å²) in [4.78, 5) is 4.22. The van der Waals surface area contributed by atoms with E-state index in [9.17, 15) is 0 Å². The molecule has 0 fully saturated rings. The maximum absolute atomic E-state index is 5.66. The second-order valence-corrected chi connectivity index (χ2v) is 3.42. The second kappa shape index (κ2) is 4.14. The van der Waals surface area contributed by atoms with E-state index in [1.54, 1.807) is 10.6 Å². The van der Waals surface area contributed by atoms with Crippen molar-refractivity contribution in [1.29, 1.82) is 0 Å². The predicted octanol–water partition coefficient (Wildman–Crippen LogP) is 1.31. The van der Waals surface area contributed by atoms with Crippen molar-refractivity contribution < 1.29 is 0 Å². The predicted molar refractivity (Wildman–Crippen MR) is 62.0 cm³/mol. The van der Waals surface area contributed by atoms with E-state index in [2.05, 4.69) is 15.2 Å². The molecule has 14 heavy (non-hydrogen) atoms. The molecule has 2 rings (SSSR count). The SMILES string of the molecule is Br.CSc1ncc(C)c2nnc(N)n12. The van der Waals surface area contributed by atoms with Crippen molar-refractivity contribution in [1.82, 2.24) is 19.6 Å². The van der Waals surface area contributed by atoms with Crippen LogP contribution in [0, 0.1) is 6.92 Å².